The number of rotatable bonds is 4. The predicted octanol–water partition coefficient (Wildman–Crippen LogP) is 5.00. The van der Waals surface area contributed by atoms with Crippen molar-refractivity contribution in [2.24, 2.45) is 0 Å². The molecule has 0 aliphatic carbocycles. The highest BCUT2D eigenvalue weighted by Gasteiger charge is 2.32. The SMILES string of the molecule is COc1cc2c(c(N3CCN(C4CCN(c5ccc(F)c6cccnc56)[C@H](C)C4)CC3)c1)NCC=C2. The van der Waals surface area contributed by atoms with Crippen LogP contribution in [0.25, 0.3) is 17.0 Å². The Hall–Kier alpha value is -3.32. The van der Waals surface area contributed by atoms with Gasteiger partial charge in [-0.1, -0.05) is 12.2 Å². The van der Waals surface area contributed by atoms with Crippen molar-refractivity contribution < 1.29 is 9.13 Å². The lowest BCUT2D eigenvalue weighted by Crippen LogP contribution is -2.55. The van der Waals surface area contributed by atoms with Gasteiger partial charge >= 0.3 is 0 Å². The van der Waals surface area contributed by atoms with Gasteiger partial charge in [-0.2, -0.15) is 0 Å². The van der Waals surface area contributed by atoms with Crippen molar-refractivity contribution in [1.29, 1.82) is 0 Å². The zero-order valence-electron chi connectivity index (χ0n) is 21.1. The van der Waals surface area contributed by atoms with E-state index in [1.807, 2.05) is 12.1 Å². The van der Waals surface area contributed by atoms with Crippen molar-refractivity contribution >= 4 is 34.0 Å². The molecule has 0 bridgehead atoms. The summed E-state index contributed by atoms with van der Waals surface area (Å²) in [6, 6.07) is 12.3. The molecule has 188 valence electrons. The molecule has 0 saturated carbocycles. The number of fused-ring (bicyclic) bond motifs is 2. The Morgan fingerprint density at radius 3 is 2.72 bits per heavy atom. The number of benzene rings is 2. The summed E-state index contributed by atoms with van der Waals surface area (Å²) in [6.45, 7) is 8.24. The van der Waals surface area contributed by atoms with E-state index in [0.717, 1.165) is 69.1 Å². The fourth-order valence-corrected chi connectivity index (χ4v) is 6.18. The van der Waals surface area contributed by atoms with Gasteiger partial charge in [0.05, 0.1) is 29.7 Å². The van der Waals surface area contributed by atoms with Crippen LogP contribution in [0.4, 0.5) is 21.5 Å². The van der Waals surface area contributed by atoms with Gasteiger partial charge in [-0.3, -0.25) is 9.88 Å². The molecular weight excluding hydrogens is 453 g/mol. The number of pyridine rings is 1. The van der Waals surface area contributed by atoms with Gasteiger partial charge in [0.1, 0.15) is 11.6 Å². The number of methoxy groups -OCH3 is 1. The topological polar surface area (TPSA) is 43.9 Å². The third-order valence-corrected chi connectivity index (χ3v) is 8.08. The van der Waals surface area contributed by atoms with E-state index in [0.29, 0.717) is 17.5 Å². The first-order valence-corrected chi connectivity index (χ1v) is 13.0. The third-order valence-electron chi connectivity index (χ3n) is 8.08. The van der Waals surface area contributed by atoms with E-state index in [9.17, 15) is 4.39 Å². The minimum Gasteiger partial charge on any atom is -0.497 e. The quantitative estimate of drug-likeness (QED) is 0.559. The fraction of sp³-hybridized carbons (Fsp3) is 0.414. The molecule has 3 aromatic rings. The normalized spacial score (nSPS) is 22.4. The largest absolute Gasteiger partial charge is 0.497 e. The molecule has 3 aliphatic rings. The van der Waals surface area contributed by atoms with E-state index < -0.39 is 0 Å². The monoisotopic (exact) mass is 487 g/mol. The van der Waals surface area contributed by atoms with Gasteiger partial charge in [0, 0.05) is 74.6 Å². The summed E-state index contributed by atoms with van der Waals surface area (Å²) in [5, 5.41) is 4.17. The van der Waals surface area contributed by atoms with Gasteiger partial charge < -0.3 is 19.9 Å². The van der Waals surface area contributed by atoms with Gasteiger partial charge in [0.15, 0.2) is 0 Å². The molecule has 1 N–H and O–H groups in total. The highest BCUT2D eigenvalue weighted by atomic mass is 19.1. The molecule has 7 heteroatoms. The number of piperidine rings is 1. The summed E-state index contributed by atoms with van der Waals surface area (Å²) < 4.78 is 19.9. The van der Waals surface area contributed by atoms with Crippen LogP contribution in [-0.4, -0.2) is 68.3 Å². The van der Waals surface area contributed by atoms with Crippen LogP contribution in [0.5, 0.6) is 5.75 Å². The average molecular weight is 488 g/mol. The first-order valence-electron chi connectivity index (χ1n) is 13.0. The van der Waals surface area contributed by atoms with Gasteiger partial charge in [-0.15, -0.1) is 0 Å². The van der Waals surface area contributed by atoms with Crippen molar-refractivity contribution in [3.05, 3.63) is 60.1 Å². The molecule has 2 aromatic carbocycles. The summed E-state index contributed by atoms with van der Waals surface area (Å²) in [7, 11) is 1.74. The molecule has 2 atom stereocenters. The van der Waals surface area contributed by atoms with E-state index in [-0.39, 0.29) is 5.82 Å². The number of aromatic nitrogens is 1. The van der Waals surface area contributed by atoms with E-state index in [1.54, 1.807) is 25.4 Å². The Kier molecular flexibility index (Phi) is 6.17. The maximum absolute atomic E-state index is 14.3. The van der Waals surface area contributed by atoms with E-state index in [1.165, 1.54) is 16.9 Å². The number of hydrogen-bond donors (Lipinski definition) is 1. The third kappa shape index (κ3) is 4.15. The van der Waals surface area contributed by atoms with Crippen LogP contribution in [0, 0.1) is 5.82 Å². The van der Waals surface area contributed by atoms with Crippen LogP contribution >= 0.6 is 0 Å². The zero-order valence-corrected chi connectivity index (χ0v) is 21.1. The van der Waals surface area contributed by atoms with Crippen LogP contribution in [-0.2, 0) is 0 Å². The van der Waals surface area contributed by atoms with Crippen LogP contribution < -0.4 is 19.9 Å². The number of piperazine rings is 1. The Morgan fingerprint density at radius 1 is 1.06 bits per heavy atom. The molecule has 1 aromatic heterocycles. The number of halogens is 1. The molecular formula is C29H34FN5O. The first-order chi connectivity index (χ1) is 17.6. The van der Waals surface area contributed by atoms with Crippen LogP contribution in [0.15, 0.2) is 48.7 Å². The Morgan fingerprint density at radius 2 is 1.92 bits per heavy atom. The molecule has 0 spiro atoms. The molecule has 1 unspecified atom stereocenters. The van der Waals surface area contributed by atoms with Crippen molar-refractivity contribution in [2.75, 3.05) is 61.5 Å². The van der Waals surface area contributed by atoms with Crippen molar-refractivity contribution in [2.45, 2.75) is 31.8 Å². The minimum atomic E-state index is -0.203. The van der Waals surface area contributed by atoms with Crippen LogP contribution in [0.3, 0.4) is 0 Å². The van der Waals surface area contributed by atoms with Crippen molar-refractivity contribution in [3.63, 3.8) is 0 Å². The Labute approximate surface area is 212 Å². The number of nitrogens with one attached hydrogen (secondary N) is 1. The summed E-state index contributed by atoms with van der Waals surface area (Å²) in [5.74, 6) is 0.703. The lowest BCUT2D eigenvalue weighted by molar-refractivity contribution is 0.148. The summed E-state index contributed by atoms with van der Waals surface area (Å²) in [4.78, 5) is 12.1. The Balaban J connectivity index is 1.13. The van der Waals surface area contributed by atoms with Gasteiger partial charge in [0.2, 0.25) is 0 Å². The molecule has 2 fully saturated rings. The molecule has 0 radical (unpaired) electrons. The molecule has 6 nitrogen and oxygen atoms in total. The van der Waals surface area contributed by atoms with Crippen molar-refractivity contribution in [1.82, 2.24) is 9.88 Å². The first kappa shape index (κ1) is 23.1. The average Bonchev–Trinajstić information content (AvgIpc) is 2.93. The summed E-state index contributed by atoms with van der Waals surface area (Å²) in [6.07, 6.45) is 8.31. The number of ether oxygens (including phenoxy) is 1. The van der Waals surface area contributed by atoms with Gasteiger partial charge in [-0.25, -0.2) is 4.39 Å². The molecule has 4 heterocycles. The predicted molar refractivity (Wildman–Crippen MR) is 146 cm³/mol. The minimum absolute atomic E-state index is 0.203. The second kappa shape index (κ2) is 9.62. The second-order valence-corrected chi connectivity index (χ2v) is 10.1. The second-order valence-electron chi connectivity index (χ2n) is 10.1. The van der Waals surface area contributed by atoms with Gasteiger partial charge in [0.25, 0.3) is 0 Å². The molecule has 0 amide bonds. The van der Waals surface area contributed by atoms with Crippen LogP contribution in [0.2, 0.25) is 0 Å². The number of anilines is 3. The maximum Gasteiger partial charge on any atom is 0.132 e. The molecule has 3 aliphatic heterocycles. The lowest BCUT2D eigenvalue weighted by atomic mass is 9.95. The van der Waals surface area contributed by atoms with Crippen LogP contribution in [0.1, 0.15) is 25.3 Å². The van der Waals surface area contributed by atoms with E-state index in [2.05, 4.69) is 56.2 Å². The standard InChI is InChI=1S/C29H34FN5O/c1-20-17-22(9-12-35(20)26-8-7-25(30)24-6-4-11-32-29(24)26)33-13-15-34(16-14-33)27-19-23(36-2)18-21-5-3-10-31-28(21)27/h3-8,11,18-20,22,31H,9-10,12-17H2,1-2H3/t20-,22?/m1/s1. The summed E-state index contributed by atoms with van der Waals surface area (Å²) in [5.41, 5.74) is 5.47. The van der Waals surface area contributed by atoms with E-state index in [4.69, 9.17) is 4.74 Å². The highest BCUT2D eigenvalue weighted by molar-refractivity contribution is 5.91. The highest BCUT2D eigenvalue weighted by Crippen LogP contribution is 2.38. The van der Waals surface area contributed by atoms with Crippen molar-refractivity contribution in [3.8, 4) is 5.75 Å². The number of nitrogens with zero attached hydrogens (tertiary/aromatic N) is 4. The Bertz CT molecular complexity index is 1290. The summed E-state index contributed by atoms with van der Waals surface area (Å²) >= 11 is 0. The van der Waals surface area contributed by atoms with E-state index >= 15 is 0 Å². The number of hydrogen-bond acceptors (Lipinski definition) is 6. The van der Waals surface area contributed by atoms with Gasteiger partial charge in [-0.05, 0) is 50.1 Å². The molecule has 6 rings (SSSR count). The molecule has 2 saturated heterocycles. The smallest absolute Gasteiger partial charge is 0.132 e. The fourth-order valence-electron chi connectivity index (χ4n) is 6.18. The molecule has 36 heavy (non-hydrogen) atoms. The zero-order chi connectivity index (χ0) is 24.6. The lowest BCUT2D eigenvalue weighted by Gasteiger charge is -2.46. The maximum atomic E-state index is 14.3.